The molecule has 0 saturated carbocycles. The Bertz CT molecular complexity index is 529. The molecule has 17 heavy (non-hydrogen) atoms. The lowest BCUT2D eigenvalue weighted by Gasteiger charge is -2.29. The standard InChI is InChI=1S/C12H11BrN2OS/c13-7-1-2-8-9(14)6-11(16-10(8)5-7)12-15-3-4-17-12/h1-5,9,11H,6,14H2. The highest BCUT2D eigenvalue weighted by molar-refractivity contribution is 9.10. The Labute approximate surface area is 112 Å². The lowest BCUT2D eigenvalue weighted by atomic mass is 9.97. The van der Waals surface area contributed by atoms with Gasteiger partial charge in [-0.1, -0.05) is 22.0 Å². The topological polar surface area (TPSA) is 48.1 Å². The summed E-state index contributed by atoms with van der Waals surface area (Å²) in [5.41, 5.74) is 7.24. The predicted molar refractivity (Wildman–Crippen MR) is 71.2 cm³/mol. The van der Waals surface area contributed by atoms with Crippen LogP contribution in [0.15, 0.2) is 34.2 Å². The maximum Gasteiger partial charge on any atom is 0.152 e. The monoisotopic (exact) mass is 310 g/mol. The van der Waals surface area contributed by atoms with E-state index in [1.807, 2.05) is 23.6 Å². The van der Waals surface area contributed by atoms with Crippen molar-refractivity contribution in [1.29, 1.82) is 0 Å². The van der Waals surface area contributed by atoms with Gasteiger partial charge in [-0.3, -0.25) is 0 Å². The summed E-state index contributed by atoms with van der Waals surface area (Å²) in [7, 11) is 0. The summed E-state index contributed by atoms with van der Waals surface area (Å²) in [6.45, 7) is 0. The van der Waals surface area contributed by atoms with Gasteiger partial charge in [0.25, 0.3) is 0 Å². The lowest BCUT2D eigenvalue weighted by molar-refractivity contribution is 0.161. The SMILES string of the molecule is NC1CC(c2nccs2)Oc2cc(Br)ccc21. The van der Waals surface area contributed by atoms with E-state index in [9.17, 15) is 0 Å². The van der Waals surface area contributed by atoms with Gasteiger partial charge in [0.2, 0.25) is 0 Å². The normalized spacial score (nSPS) is 22.9. The molecule has 0 saturated heterocycles. The van der Waals surface area contributed by atoms with Crippen molar-refractivity contribution in [2.75, 3.05) is 0 Å². The molecule has 1 aromatic carbocycles. The molecular formula is C12H11BrN2OS. The smallest absolute Gasteiger partial charge is 0.152 e. The van der Waals surface area contributed by atoms with Crippen molar-refractivity contribution in [2.24, 2.45) is 5.73 Å². The molecule has 2 N–H and O–H groups in total. The van der Waals surface area contributed by atoms with Crippen LogP contribution in [0.1, 0.15) is 29.1 Å². The van der Waals surface area contributed by atoms with Crippen molar-refractivity contribution in [3.63, 3.8) is 0 Å². The summed E-state index contributed by atoms with van der Waals surface area (Å²) in [4.78, 5) is 4.30. The van der Waals surface area contributed by atoms with Crippen molar-refractivity contribution < 1.29 is 4.74 Å². The second-order valence-electron chi connectivity index (χ2n) is 4.00. The molecule has 88 valence electrons. The van der Waals surface area contributed by atoms with Gasteiger partial charge in [-0.05, 0) is 12.1 Å². The van der Waals surface area contributed by atoms with Crippen LogP contribution < -0.4 is 10.5 Å². The van der Waals surface area contributed by atoms with E-state index in [1.54, 1.807) is 17.5 Å². The zero-order valence-corrected chi connectivity index (χ0v) is 11.4. The highest BCUT2D eigenvalue weighted by Gasteiger charge is 2.28. The minimum absolute atomic E-state index is 0.0146. The van der Waals surface area contributed by atoms with Crippen LogP contribution in [0, 0.1) is 0 Å². The second kappa shape index (κ2) is 4.40. The third-order valence-electron chi connectivity index (χ3n) is 2.84. The number of fused-ring (bicyclic) bond motifs is 1. The van der Waals surface area contributed by atoms with Crippen LogP contribution >= 0.6 is 27.3 Å². The van der Waals surface area contributed by atoms with Gasteiger partial charge >= 0.3 is 0 Å². The van der Waals surface area contributed by atoms with Crippen molar-refractivity contribution in [1.82, 2.24) is 4.98 Å². The van der Waals surface area contributed by atoms with Gasteiger partial charge in [0, 0.05) is 34.1 Å². The fourth-order valence-electron chi connectivity index (χ4n) is 2.02. The van der Waals surface area contributed by atoms with Crippen LogP contribution in [-0.2, 0) is 0 Å². The molecule has 0 fully saturated rings. The first-order valence-corrected chi connectivity index (χ1v) is 7.02. The average molecular weight is 311 g/mol. The van der Waals surface area contributed by atoms with Crippen molar-refractivity contribution in [2.45, 2.75) is 18.6 Å². The molecule has 0 bridgehead atoms. The highest BCUT2D eigenvalue weighted by Crippen LogP contribution is 2.41. The first-order valence-electron chi connectivity index (χ1n) is 5.35. The zero-order valence-electron chi connectivity index (χ0n) is 8.97. The minimum atomic E-state index is -0.0215. The molecule has 1 aliphatic rings. The molecule has 1 aliphatic heterocycles. The first kappa shape index (κ1) is 11.2. The molecule has 3 rings (SSSR count). The van der Waals surface area contributed by atoms with Crippen LogP contribution in [-0.4, -0.2) is 4.98 Å². The molecule has 2 aromatic rings. The number of hydrogen-bond acceptors (Lipinski definition) is 4. The molecule has 1 aromatic heterocycles. The fourth-order valence-corrected chi connectivity index (χ4v) is 3.04. The van der Waals surface area contributed by atoms with Crippen LogP contribution in [0.2, 0.25) is 0 Å². The molecule has 2 atom stereocenters. The van der Waals surface area contributed by atoms with Gasteiger partial charge in [0.05, 0.1) is 0 Å². The Morgan fingerprint density at radius 1 is 1.47 bits per heavy atom. The number of halogens is 1. The molecule has 3 nitrogen and oxygen atoms in total. The van der Waals surface area contributed by atoms with Crippen molar-refractivity contribution in [3.05, 3.63) is 44.8 Å². The van der Waals surface area contributed by atoms with E-state index in [1.165, 1.54) is 0 Å². The maximum atomic E-state index is 6.17. The van der Waals surface area contributed by atoms with Crippen molar-refractivity contribution >= 4 is 27.3 Å². The Morgan fingerprint density at radius 3 is 3.12 bits per heavy atom. The van der Waals surface area contributed by atoms with E-state index < -0.39 is 0 Å². The van der Waals surface area contributed by atoms with Gasteiger partial charge in [-0.15, -0.1) is 11.3 Å². The lowest BCUT2D eigenvalue weighted by Crippen LogP contribution is -2.24. The number of hydrogen-bond donors (Lipinski definition) is 1. The third-order valence-corrected chi connectivity index (χ3v) is 4.20. The van der Waals surface area contributed by atoms with E-state index in [-0.39, 0.29) is 12.1 Å². The second-order valence-corrected chi connectivity index (χ2v) is 5.84. The van der Waals surface area contributed by atoms with E-state index >= 15 is 0 Å². The Morgan fingerprint density at radius 2 is 2.35 bits per heavy atom. The zero-order chi connectivity index (χ0) is 11.8. The molecule has 0 amide bonds. The van der Waals surface area contributed by atoms with Gasteiger partial charge in [0.1, 0.15) is 10.8 Å². The number of aromatic nitrogens is 1. The van der Waals surface area contributed by atoms with Crippen LogP contribution in [0.3, 0.4) is 0 Å². The maximum absolute atomic E-state index is 6.17. The van der Waals surface area contributed by atoms with Crippen LogP contribution in [0.25, 0.3) is 0 Å². The van der Waals surface area contributed by atoms with E-state index in [0.717, 1.165) is 27.2 Å². The molecule has 0 aliphatic carbocycles. The van der Waals surface area contributed by atoms with Gasteiger partial charge in [-0.2, -0.15) is 0 Å². The quantitative estimate of drug-likeness (QED) is 0.878. The van der Waals surface area contributed by atoms with Crippen molar-refractivity contribution in [3.8, 4) is 5.75 Å². The molecule has 2 heterocycles. The molecule has 0 radical (unpaired) electrons. The summed E-state index contributed by atoms with van der Waals surface area (Å²) in [5, 5.41) is 2.95. The van der Waals surface area contributed by atoms with Gasteiger partial charge in [-0.25, -0.2) is 4.98 Å². The molecule has 2 unspecified atom stereocenters. The van der Waals surface area contributed by atoms with Gasteiger partial charge < -0.3 is 10.5 Å². The predicted octanol–water partition coefficient (Wildman–Crippen LogP) is 3.43. The van der Waals surface area contributed by atoms with Gasteiger partial charge in [0.15, 0.2) is 6.10 Å². The first-order chi connectivity index (χ1) is 8.24. The summed E-state index contributed by atoms with van der Waals surface area (Å²) >= 11 is 5.05. The Hall–Kier alpha value is -0.910. The summed E-state index contributed by atoms with van der Waals surface area (Å²) < 4.78 is 6.97. The molecule has 0 spiro atoms. The third kappa shape index (κ3) is 2.10. The minimum Gasteiger partial charge on any atom is -0.483 e. The molecular weight excluding hydrogens is 300 g/mol. The average Bonchev–Trinajstić information content (AvgIpc) is 2.81. The van der Waals surface area contributed by atoms with Crippen LogP contribution in [0.4, 0.5) is 0 Å². The highest BCUT2D eigenvalue weighted by atomic mass is 79.9. The van der Waals surface area contributed by atoms with E-state index in [0.29, 0.717) is 0 Å². The number of nitrogens with two attached hydrogens (primary N) is 1. The van der Waals surface area contributed by atoms with Crippen LogP contribution in [0.5, 0.6) is 5.75 Å². The largest absolute Gasteiger partial charge is 0.483 e. The summed E-state index contributed by atoms with van der Waals surface area (Å²) in [6, 6.07) is 5.99. The van der Waals surface area contributed by atoms with E-state index in [2.05, 4.69) is 20.9 Å². The number of benzene rings is 1. The fraction of sp³-hybridized carbons (Fsp3) is 0.250. The number of ether oxygens (including phenoxy) is 1. The summed E-state index contributed by atoms with van der Waals surface area (Å²) in [5.74, 6) is 0.860. The number of thiazole rings is 1. The number of nitrogens with zero attached hydrogens (tertiary/aromatic N) is 1. The Kier molecular flexibility index (Phi) is 2.90. The molecule has 5 heteroatoms. The number of rotatable bonds is 1. The Balaban J connectivity index is 1.97. The van der Waals surface area contributed by atoms with E-state index in [4.69, 9.17) is 10.5 Å². The summed E-state index contributed by atoms with van der Waals surface area (Å²) in [6.07, 6.45) is 2.56.